The molecule has 0 aliphatic carbocycles. The van der Waals surface area contributed by atoms with E-state index in [-0.39, 0.29) is 5.69 Å². The van der Waals surface area contributed by atoms with Crippen LogP contribution in [0.3, 0.4) is 0 Å². The first-order chi connectivity index (χ1) is 13.1. The molecule has 0 spiro atoms. The second-order valence-corrected chi connectivity index (χ2v) is 7.20. The van der Waals surface area contributed by atoms with Crippen molar-refractivity contribution in [1.82, 2.24) is 24.6 Å². The lowest BCUT2D eigenvalue weighted by atomic mass is 10.1. The minimum Gasteiger partial charge on any atom is -0.356 e. The van der Waals surface area contributed by atoms with Crippen molar-refractivity contribution in [2.45, 2.75) is 52.2 Å². The van der Waals surface area contributed by atoms with Crippen molar-refractivity contribution in [3.8, 4) is 0 Å². The predicted molar refractivity (Wildman–Crippen MR) is 108 cm³/mol. The highest BCUT2D eigenvalue weighted by atomic mass is 16.2. The van der Waals surface area contributed by atoms with Crippen LogP contribution in [0.5, 0.6) is 0 Å². The summed E-state index contributed by atoms with van der Waals surface area (Å²) in [6.45, 7) is 5.08. The van der Waals surface area contributed by atoms with Gasteiger partial charge in [-0.05, 0) is 31.7 Å². The number of fused-ring (bicyclic) bond motifs is 1. The van der Waals surface area contributed by atoms with E-state index in [0.29, 0.717) is 6.54 Å². The van der Waals surface area contributed by atoms with Gasteiger partial charge in [0.2, 0.25) is 0 Å². The van der Waals surface area contributed by atoms with Crippen molar-refractivity contribution in [3.63, 3.8) is 0 Å². The van der Waals surface area contributed by atoms with Gasteiger partial charge in [0.1, 0.15) is 5.82 Å². The Kier molecular flexibility index (Phi) is 6.32. The third-order valence-electron chi connectivity index (χ3n) is 4.98. The first-order valence-corrected chi connectivity index (χ1v) is 9.72. The lowest BCUT2D eigenvalue weighted by molar-refractivity contribution is 0.469. The monoisotopic (exact) mass is 370 g/mol. The number of rotatable bonds is 6. The number of aromatic nitrogens is 3. The van der Waals surface area contributed by atoms with Gasteiger partial charge in [-0.1, -0.05) is 29.8 Å². The molecule has 0 unspecified atom stereocenters. The molecule has 0 atom stereocenters. The zero-order chi connectivity index (χ0) is 19.2. The largest absolute Gasteiger partial charge is 0.356 e. The molecule has 1 aliphatic heterocycles. The Balaban J connectivity index is 1.48. The van der Waals surface area contributed by atoms with E-state index in [1.54, 1.807) is 11.7 Å². The van der Waals surface area contributed by atoms with Crippen LogP contribution in [0.15, 0.2) is 34.1 Å². The van der Waals surface area contributed by atoms with Crippen molar-refractivity contribution in [1.29, 1.82) is 0 Å². The van der Waals surface area contributed by atoms with Gasteiger partial charge < -0.3 is 10.2 Å². The van der Waals surface area contributed by atoms with Crippen molar-refractivity contribution < 1.29 is 0 Å². The Morgan fingerprint density at radius 2 is 2.07 bits per heavy atom. The van der Waals surface area contributed by atoms with Crippen LogP contribution in [-0.4, -0.2) is 45.8 Å². The number of nitrogens with zero attached hydrogens (tertiary/aromatic N) is 5. The molecule has 2 heterocycles. The Labute approximate surface area is 160 Å². The summed E-state index contributed by atoms with van der Waals surface area (Å²) >= 11 is 0. The van der Waals surface area contributed by atoms with Crippen molar-refractivity contribution >= 4 is 5.96 Å². The molecule has 7 heteroatoms. The number of hydrogen-bond acceptors (Lipinski definition) is 3. The molecule has 146 valence electrons. The number of nitrogens with one attached hydrogen (secondary N) is 1. The maximum Gasteiger partial charge on any atom is 0.345 e. The Bertz CT molecular complexity index is 833. The zero-order valence-corrected chi connectivity index (χ0v) is 16.6. The van der Waals surface area contributed by atoms with E-state index in [1.165, 1.54) is 11.1 Å². The quantitative estimate of drug-likeness (QED) is 0.478. The lowest BCUT2D eigenvalue weighted by Crippen LogP contribution is -2.39. The summed E-state index contributed by atoms with van der Waals surface area (Å²) in [5.41, 5.74) is 2.55. The first-order valence-electron chi connectivity index (χ1n) is 9.72. The van der Waals surface area contributed by atoms with Crippen LogP contribution in [0.1, 0.15) is 36.2 Å². The van der Waals surface area contributed by atoms with E-state index in [2.05, 4.69) is 51.5 Å². The fraction of sp³-hybridized carbons (Fsp3) is 0.550. The number of guanidine groups is 1. The number of benzene rings is 1. The Hall–Kier alpha value is -2.57. The Morgan fingerprint density at radius 3 is 2.78 bits per heavy atom. The molecule has 3 rings (SSSR count). The Morgan fingerprint density at radius 1 is 1.30 bits per heavy atom. The van der Waals surface area contributed by atoms with Gasteiger partial charge in [0.15, 0.2) is 5.96 Å². The van der Waals surface area contributed by atoms with E-state index in [0.717, 1.165) is 57.1 Å². The number of aliphatic imine (C=N–C) groups is 1. The summed E-state index contributed by atoms with van der Waals surface area (Å²) < 4.78 is 3.44. The number of hydrogen-bond donors (Lipinski definition) is 1. The average Bonchev–Trinajstić information content (AvgIpc) is 3.00. The third kappa shape index (κ3) is 4.78. The van der Waals surface area contributed by atoms with E-state index < -0.39 is 0 Å². The van der Waals surface area contributed by atoms with Gasteiger partial charge in [0, 0.05) is 46.7 Å². The summed E-state index contributed by atoms with van der Waals surface area (Å²) in [5, 5.41) is 7.86. The zero-order valence-electron chi connectivity index (χ0n) is 16.6. The SMILES string of the molecule is CN=C(NCCCn1nc2n(c1=O)CCCC2)N(C)Cc1ccc(C)cc1. The molecule has 2 aromatic rings. The molecule has 0 saturated carbocycles. The molecule has 27 heavy (non-hydrogen) atoms. The van der Waals surface area contributed by atoms with E-state index in [1.807, 2.05) is 11.6 Å². The summed E-state index contributed by atoms with van der Waals surface area (Å²) in [6.07, 6.45) is 3.94. The van der Waals surface area contributed by atoms with Gasteiger partial charge in [0.05, 0.1) is 0 Å². The summed E-state index contributed by atoms with van der Waals surface area (Å²) in [5.74, 6) is 1.79. The number of aryl methyl sites for hydroxylation is 3. The topological polar surface area (TPSA) is 67.5 Å². The van der Waals surface area contributed by atoms with Crippen LogP contribution in [-0.2, 0) is 26.1 Å². The third-order valence-corrected chi connectivity index (χ3v) is 4.98. The molecule has 0 amide bonds. The molecule has 1 N–H and O–H groups in total. The molecule has 0 bridgehead atoms. The van der Waals surface area contributed by atoms with Gasteiger partial charge in [-0.15, -0.1) is 0 Å². The molecule has 0 fully saturated rings. The smallest absolute Gasteiger partial charge is 0.345 e. The second kappa shape index (κ2) is 8.88. The molecule has 0 radical (unpaired) electrons. The van der Waals surface area contributed by atoms with Crippen LogP contribution in [0.2, 0.25) is 0 Å². The molecular weight excluding hydrogens is 340 g/mol. The standard InChI is InChI=1S/C20H30N6O/c1-16-8-10-17(11-9-16)15-24(3)19(21-2)22-12-6-14-26-20(27)25-13-5-4-7-18(25)23-26/h8-11H,4-7,12-15H2,1-3H3,(H,21,22). The van der Waals surface area contributed by atoms with E-state index in [4.69, 9.17) is 0 Å². The summed E-state index contributed by atoms with van der Waals surface area (Å²) in [4.78, 5) is 18.8. The molecular formula is C20H30N6O. The van der Waals surface area contributed by atoms with Gasteiger partial charge >= 0.3 is 5.69 Å². The summed E-state index contributed by atoms with van der Waals surface area (Å²) in [6, 6.07) is 8.54. The van der Waals surface area contributed by atoms with Crippen molar-refractivity contribution in [3.05, 3.63) is 51.7 Å². The molecule has 1 aromatic heterocycles. The van der Waals surface area contributed by atoms with Crippen LogP contribution >= 0.6 is 0 Å². The van der Waals surface area contributed by atoms with Crippen LogP contribution in [0.4, 0.5) is 0 Å². The minimum absolute atomic E-state index is 0.0329. The maximum atomic E-state index is 12.3. The fourth-order valence-electron chi connectivity index (χ4n) is 3.45. The molecule has 1 aliphatic rings. The van der Waals surface area contributed by atoms with Gasteiger partial charge in [-0.3, -0.25) is 9.56 Å². The van der Waals surface area contributed by atoms with Gasteiger partial charge in [-0.2, -0.15) is 5.10 Å². The molecule has 7 nitrogen and oxygen atoms in total. The van der Waals surface area contributed by atoms with Gasteiger partial charge in [-0.25, -0.2) is 9.48 Å². The van der Waals surface area contributed by atoms with Crippen LogP contribution in [0, 0.1) is 6.92 Å². The predicted octanol–water partition coefficient (Wildman–Crippen LogP) is 1.79. The summed E-state index contributed by atoms with van der Waals surface area (Å²) in [7, 11) is 3.82. The van der Waals surface area contributed by atoms with Crippen molar-refractivity contribution in [2.24, 2.45) is 4.99 Å². The maximum absolute atomic E-state index is 12.3. The first kappa shape index (κ1) is 19.2. The fourth-order valence-corrected chi connectivity index (χ4v) is 3.45. The van der Waals surface area contributed by atoms with E-state index >= 15 is 0 Å². The molecule has 0 saturated heterocycles. The average molecular weight is 371 g/mol. The minimum atomic E-state index is 0.0329. The molecule has 1 aromatic carbocycles. The highest BCUT2D eigenvalue weighted by Gasteiger charge is 2.16. The lowest BCUT2D eigenvalue weighted by Gasteiger charge is -2.22. The second-order valence-electron chi connectivity index (χ2n) is 7.20. The normalized spacial score (nSPS) is 14.1. The highest BCUT2D eigenvalue weighted by molar-refractivity contribution is 5.79. The van der Waals surface area contributed by atoms with Crippen LogP contribution in [0.25, 0.3) is 0 Å². The van der Waals surface area contributed by atoms with Gasteiger partial charge in [0.25, 0.3) is 0 Å². The highest BCUT2D eigenvalue weighted by Crippen LogP contribution is 2.09. The van der Waals surface area contributed by atoms with Crippen molar-refractivity contribution in [2.75, 3.05) is 20.6 Å². The van der Waals surface area contributed by atoms with Crippen LogP contribution < -0.4 is 11.0 Å². The van der Waals surface area contributed by atoms with E-state index in [9.17, 15) is 4.79 Å².